The number of aryl methyl sites for hydroxylation is 1. The molecule has 0 unspecified atom stereocenters. The van der Waals surface area contributed by atoms with Crippen LogP contribution in [0.2, 0.25) is 5.02 Å². The molecule has 0 bridgehead atoms. The Labute approximate surface area is 151 Å². The second-order valence-electron chi connectivity index (χ2n) is 5.95. The molecule has 1 aliphatic rings. The fourth-order valence-electron chi connectivity index (χ4n) is 2.71. The van der Waals surface area contributed by atoms with Crippen LogP contribution in [0.1, 0.15) is 15.9 Å². The summed E-state index contributed by atoms with van der Waals surface area (Å²) in [6.45, 7) is 4.18. The van der Waals surface area contributed by atoms with Crippen LogP contribution in [0.15, 0.2) is 36.5 Å². The molecule has 2 heterocycles. The highest BCUT2D eigenvalue weighted by atomic mass is 35.5. The van der Waals surface area contributed by atoms with E-state index in [0.717, 1.165) is 17.7 Å². The van der Waals surface area contributed by atoms with Gasteiger partial charge >= 0.3 is 0 Å². The van der Waals surface area contributed by atoms with Gasteiger partial charge < -0.3 is 15.1 Å². The van der Waals surface area contributed by atoms with Gasteiger partial charge in [-0.25, -0.2) is 4.98 Å². The molecule has 1 fully saturated rings. The quantitative estimate of drug-likeness (QED) is 0.853. The van der Waals surface area contributed by atoms with E-state index in [1.54, 1.807) is 28.1 Å². The van der Waals surface area contributed by atoms with E-state index in [9.17, 15) is 9.59 Å². The van der Waals surface area contributed by atoms with Crippen molar-refractivity contribution < 1.29 is 9.59 Å². The Hall–Kier alpha value is -2.60. The minimum absolute atomic E-state index is 0.0627. The third kappa shape index (κ3) is 4.09. The van der Waals surface area contributed by atoms with Crippen LogP contribution in [-0.2, 0) is 4.79 Å². The van der Waals surface area contributed by atoms with E-state index in [1.165, 1.54) is 0 Å². The Morgan fingerprint density at radius 3 is 2.56 bits per heavy atom. The lowest BCUT2D eigenvalue weighted by molar-refractivity contribution is -0.119. The van der Waals surface area contributed by atoms with Crippen molar-refractivity contribution in [3.05, 3.63) is 52.7 Å². The molecule has 0 aliphatic carbocycles. The number of anilines is 2. The third-order valence-electron chi connectivity index (χ3n) is 4.21. The highest BCUT2D eigenvalue weighted by Crippen LogP contribution is 2.22. The lowest BCUT2D eigenvalue weighted by Crippen LogP contribution is -2.48. The van der Waals surface area contributed by atoms with E-state index in [4.69, 9.17) is 11.6 Å². The molecule has 1 saturated heterocycles. The molecule has 6 nitrogen and oxygen atoms in total. The summed E-state index contributed by atoms with van der Waals surface area (Å²) < 4.78 is 0. The fraction of sp³-hybridized carbons (Fsp3) is 0.278. The first-order chi connectivity index (χ1) is 12.1. The zero-order valence-electron chi connectivity index (χ0n) is 13.9. The first-order valence-corrected chi connectivity index (χ1v) is 8.42. The summed E-state index contributed by atoms with van der Waals surface area (Å²) >= 11 is 5.96. The highest BCUT2D eigenvalue weighted by molar-refractivity contribution is 6.30. The van der Waals surface area contributed by atoms with Crippen molar-refractivity contribution >= 4 is 35.4 Å². The van der Waals surface area contributed by atoms with Gasteiger partial charge in [-0.15, -0.1) is 0 Å². The average Bonchev–Trinajstić information content (AvgIpc) is 2.64. The number of carbonyl (C=O) groups excluding carboxylic acids is 2. The second-order valence-corrected chi connectivity index (χ2v) is 6.39. The molecule has 2 amide bonds. The van der Waals surface area contributed by atoms with Gasteiger partial charge in [0.25, 0.3) is 5.91 Å². The maximum absolute atomic E-state index is 12.5. The fourth-order valence-corrected chi connectivity index (χ4v) is 2.94. The number of piperazine rings is 1. The van der Waals surface area contributed by atoms with Gasteiger partial charge in [-0.2, -0.15) is 0 Å². The van der Waals surface area contributed by atoms with Crippen molar-refractivity contribution in [2.24, 2.45) is 0 Å². The zero-order chi connectivity index (χ0) is 17.8. The topological polar surface area (TPSA) is 65.5 Å². The molecule has 2 aromatic rings. The van der Waals surface area contributed by atoms with Crippen molar-refractivity contribution in [1.82, 2.24) is 14.8 Å². The SMILES string of the molecule is Cc1cc(Cl)ccc1Nc1ccc(C(=O)N2CCN(C=O)CC2)cn1. The number of amides is 2. The smallest absolute Gasteiger partial charge is 0.255 e. The van der Waals surface area contributed by atoms with Crippen LogP contribution in [0.5, 0.6) is 0 Å². The van der Waals surface area contributed by atoms with Crippen LogP contribution in [0.4, 0.5) is 11.5 Å². The van der Waals surface area contributed by atoms with Gasteiger partial charge in [-0.05, 0) is 42.8 Å². The normalized spacial score (nSPS) is 14.3. The number of rotatable bonds is 4. The predicted molar refractivity (Wildman–Crippen MR) is 97.2 cm³/mol. The van der Waals surface area contributed by atoms with Gasteiger partial charge in [0.1, 0.15) is 5.82 Å². The first-order valence-electron chi connectivity index (χ1n) is 8.04. The third-order valence-corrected chi connectivity index (χ3v) is 4.45. The molecule has 0 spiro atoms. The predicted octanol–water partition coefficient (Wildman–Crippen LogP) is 2.70. The molecular weight excluding hydrogens is 340 g/mol. The summed E-state index contributed by atoms with van der Waals surface area (Å²) in [5.41, 5.74) is 2.47. The summed E-state index contributed by atoms with van der Waals surface area (Å²) in [6, 6.07) is 9.12. The van der Waals surface area contributed by atoms with Gasteiger partial charge in [-0.3, -0.25) is 9.59 Å². The Balaban J connectivity index is 1.65. The summed E-state index contributed by atoms with van der Waals surface area (Å²) in [6.07, 6.45) is 2.39. The number of pyridine rings is 1. The van der Waals surface area contributed by atoms with Crippen molar-refractivity contribution in [2.75, 3.05) is 31.5 Å². The summed E-state index contributed by atoms with van der Waals surface area (Å²) in [5.74, 6) is 0.597. The van der Waals surface area contributed by atoms with E-state index in [-0.39, 0.29) is 5.91 Å². The lowest BCUT2D eigenvalue weighted by Gasteiger charge is -2.32. The molecule has 1 aromatic carbocycles. The van der Waals surface area contributed by atoms with Crippen molar-refractivity contribution in [3.63, 3.8) is 0 Å². The summed E-state index contributed by atoms with van der Waals surface area (Å²) in [4.78, 5) is 31.0. The van der Waals surface area contributed by atoms with Crippen LogP contribution in [0, 0.1) is 6.92 Å². The van der Waals surface area contributed by atoms with Crippen molar-refractivity contribution in [2.45, 2.75) is 6.92 Å². The van der Waals surface area contributed by atoms with Crippen LogP contribution < -0.4 is 5.32 Å². The summed E-state index contributed by atoms with van der Waals surface area (Å²) in [5, 5.41) is 3.91. The van der Waals surface area contributed by atoms with E-state index in [1.807, 2.05) is 25.1 Å². The maximum Gasteiger partial charge on any atom is 0.255 e. The number of halogens is 1. The number of aromatic nitrogens is 1. The van der Waals surface area contributed by atoms with Crippen molar-refractivity contribution in [1.29, 1.82) is 0 Å². The molecule has 0 atom stereocenters. The molecule has 7 heteroatoms. The van der Waals surface area contributed by atoms with Crippen LogP contribution >= 0.6 is 11.6 Å². The summed E-state index contributed by atoms with van der Waals surface area (Å²) in [7, 11) is 0. The number of hydrogen-bond acceptors (Lipinski definition) is 4. The number of nitrogens with one attached hydrogen (secondary N) is 1. The van der Waals surface area contributed by atoms with Gasteiger partial charge in [0.15, 0.2) is 0 Å². The Bertz CT molecular complexity index is 771. The molecule has 1 aliphatic heterocycles. The monoisotopic (exact) mass is 358 g/mol. The number of hydrogen-bond donors (Lipinski definition) is 1. The van der Waals surface area contributed by atoms with E-state index < -0.39 is 0 Å². The van der Waals surface area contributed by atoms with Gasteiger partial charge in [-0.1, -0.05) is 11.6 Å². The van der Waals surface area contributed by atoms with E-state index in [2.05, 4.69) is 10.3 Å². The molecular formula is C18H19ClN4O2. The largest absolute Gasteiger partial charge is 0.342 e. The Morgan fingerprint density at radius 1 is 1.20 bits per heavy atom. The second kappa shape index (κ2) is 7.53. The lowest BCUT2D eigenvalue weighted by atomic mass is 10.2. The van der Waals surface area contributed by atoms with Gasteiger partial charge in [0.05, 0.1) is 5.56 Å². The number of nitrogens with zero attached hydrogens (tertiary/aromatic N) is 3. The molecule has 130 valence electrons. The van der Waals surface area contributed by atoms with E-state index in [0.29, 0.717) is 42.6 Å². The minimum Gasteiger partial charge on any atom is -0.342 e. The van der Waals surface area contributed by atoms with Crippen LogP contribution in [0.3, 0.4) is 0 Å². The minimum atomic E-state index is -0.0627. The molecule has 0 radical (unpaired) electrons. The first kappa shape index (κ1) is 17.2. The molecule has 1 N–H and O–H groups in total. The number of carbonyl (C=O) groups is 2. The number of benzene rings is 1. The molecule has 3 rings (SSSR count). The van der Waals surface area contributed by atoms with Crippen LogP contribution in [0.25, 0.3) is 0 Å². The Kier molecular flexibility index (Phi) is 5.19. The Morgan fingerprint density at radius 2 is 1.96 bits per heavy atom. The van der Waals surface area contributed by atoms with Crippen molar-refractivity contribution in [3.8, 4) is 0 Å². The molecule has 25 heavy (non-hydrogen) atoms. The maximum atomic E-state index is 12.5. The van der Waals surface area contributed by atoms with E-state index >= 15 is 0 Å². The molecule has 1 aromatic heterocycles. The highest BCUT2D eigenvalue weighted by Gasteiger charge is 2.21. The van der Waals surface area contributed by atoms with Gasteiger partial charge in [0.2, 0.25) is 6.41 Å². The standard InChI is InChI=1S/C18H19ClN4O2/c1-13-10-15(19)3-4-16(13)21-17-5-2-14(11-20-17)18(25)23-8-6-22(12-24)7-9-23/h2-5,10-12H,6-9H2,1H3,(H,20,21). The zero-order valence-corrected chi connectivity index (χ0v) is 14.7. The van der Waals surface area contributed by atoms with Gasteiger partial charge in [0, 0.05) is 43.1 Å². The average molecular weight is 359 g/mol. The van der Waals surface area contributed by atoms with Crippen LogP contribution in [-0.4, -0.2) is 53.3 Å². The molecule has 0 saturated carbocycles.